The summed E-state index contributed by atoms with van der Waals surface area (Å²) in [7, 11) is -20.4. The van der Waals surface area contributed by atoms with Gasteiger partial charge < -0.3 is 26.2 Å². The number of aromatic hydroxyl groups is 4. The van der Waals surface area contributed by atoms with Crippen LogP contribution in [0.25, 0.3) is 28.0 Å². The molecule has 11 N–H and O–H groups in total. The number of nitrogens with two attached hydrogens (primary N) is 1. The minimum Gasteiger partial charge on any atom is -0.507 e. The molecule has 58 heavy (non-hydrogen) atoms. The number of Topliss-reactive ketones (excluding diaryl/α,β-unsaturated/α-hetero) is 1. The van der Waals surface area contributed by atoms with Crippen LogP contribution in [0, 0.1) is 0 Å². The summed E-state index contributed by atoms with van der Waals surface area (Å²) in [5.41, 5.74) is 4.89. The van der Waals surface area contributed by atoms with Crippen molar-refractivity contribution in [1.29, 1.82) is 0 Å². The molecule has 1 aliphatic carbocycles. The molecular weight excluding hydrogens is 855 g/mol. The molecule has 0 bridgehead atoms. The summed E-state index contributed by atoms with van der Waals surface area (Å²) < 4.78 is 133. The fourth-order valence-electron chi connectivity index (χ4n) is 5.66. The van der Waals surface area contributed by atoms with Crippen LogP contribution in [0.4, 0.5) is 22.7 Å². The van der Waals surface area contributed by atoms with Crippen molar-refractivity contribution in [3.63, 3.8) is 0 Å². The quantitative estimate of drug-likeness (QED) is 0.0329. The van der Waals surface area contributed by atoms with Crippen LogP contribution in [0.1, 0.15) is 15.9 Å². The number of allylic oxidation sites excluding steroid dienone is 1. The van der Waals surface area contributed by atoms with Gasteiger partial charge in [0.1, 0.15) is 43.3 Å². The topological polar surface area (TPSA) is 391 Å². The zero-order valence-corrected chi connectivity index (χ0v) is 31.5. The van der Waals surface area contributed by atoms with E-state index in [1.807, 2.05) is 0 Å². The third kappa shape index (κ3) is 7.75. The molecule has 0 radical (unpaired) electrons. The maximum absolute atomic E-state index is 13.2. The van der Waals surface area contributed by atoms with Crippen LogP contribution < -0.4 is 11.2 Å². The summed E-state index contributed by atoms with van der Waals surface area (Å²) in [6.45, 7) is 0. The molecule has 0 aromatic heterocycles. The number of azo groups is 1. The van der Waals surface area contributed by atoms with Gasteiger partial charge in [-0.15, -0.1) is 10.2 Å². The predicted molar refractivity (Wildman–Crippen MR) is 202 cm³/mol. The van der Waals surface area contributed by atoms with Crippen LogP contribution >= 0.6 is 0 Å². The van der Waals surface area contributed by atoms with E-state index in [0.717, 1.165) is 18.2 Å². The second-order valence-electron chi connectivity index (χ2n) is 12.0. The van der Waals surface area contributed by atoms with E-state index in [1.165, 1.54) is 30.3 Å². The average Bonchev–Trinajstić information content (AvgIpc) is 3.09. The van der Waals surface area contributed by atoms with Crippen molar-refractivity contribution in [2.45, 2.75) is 14.7 Å². The summed E-state index contributed by atoms with van der Waals surface area (Å²) in [4.78, 5) is 9.09. The van der Waals surface area contributed by atoms with Crippen molar-refractivity contribution in [2.24, 2.45) is 15.3 Å². The number of hydrogen-bond donors (Lipinski definition) is 10. The molecule has 0 fully saturated rings. The Bertz CT molecular complexity index is 3220. The highest BCUT2D eigenvalue weighted by atomic mass is 32.2. The second kappa shape index (κ2) is 14.1. The van der Waals surface area contributed by atoms with Crippen LogP contribution in [-0.2, 0) is 40.5 Å². The van der Waals surface area contributed by atoms with Gasteiger partial charge in [-0.05, 0) is 65.2 Å². The van der Waals surface area contributed by atoms with E-state index in [4.69, 9.17) is 5.73 Å². The van der Waals surface area contributed by atoms with Gasteiger partial charge >= 0.3 is 0 Å². The Morgan fingerprint density at radius 3 is 1.76 bits per heavy atom. The minimum absolute atomic E-state index is 0.207. The molecule has 1 aliphatic rings. The van der Waals surface area contributed by atoms with E-state index in [0.29, 0.717) is 24.3 Å². The molecule has 0 saturated carbocycles. The molecule has 0 heterocycles. The van der Waals surface area contributed by atoms with E-state index in [-0.39, 0.29) is 22.5 Å². The Kier molecular flexibility index (Phi) is 10.0. The van der Waals surface area contributed by atoms with Gasteiger partial charge in [-0.3, -0.25) is 28.4 Å². The van der Waals surface area contributed by atoms with Crippen molar-refractivity contribution >= 4 is 91.6 Å². The Morgan fingerprint density at radius 1 is 0.603 bits per heavy atom. The summed E-state index contributed by atoms with van der Waals surface area (Å²) in [5, 5.41) is 52.9. The lowest BCUT2D eigenvalue weighted by molar-refractivity contribution is 0.106. The third-order valence-electron chi connectivity index (χ3n) is 8.29. The number of phenolic OH excluding ortho intramolecular Hbond substituents is 4. The van der Waals surface area contributed by atoms with Gasteiger partial charge in [0.15, 0.2) is 11.5 Å². The fraction of sp³-hybridized carbons (Fsp3) is 0. The van der Waals surface area contributed by atoms with Crippen LogP contribution in [0.5, 0.6) is 23.0 Å². The molecule has 0 spiro atoms. The number of carbonyl (C=O) groups is 1. The van der Waals surface area contributed by atoms with Crippen molar-refractivity contribution in [1.82, 2.24) is 0 Å². The monoisotopic (exact) mass is 877 g/mol. The van der Waals surface area contributed by atoms with Gasteiger partial charge in [-0.2, -0.15) is 38.8 Å². The van der Waals surface area contributed by atoms with Crippen LogP contribution in [0.2, 0.25) is 0 Å². The highest BCUT2D eigenvalue weighted by molar-refractivity contribution is 7.91. The molecule has 302 valence electrons. The normalized spacial score (nSPS) is 14.5. The number of nitrogens with zero attached hydrogens (tertiary/aromatic N) is 3. The average molecular weight is 878 g/mol. The first-order chi connectivity index (χ1) is 26.8. The van der Waals surface area contributed by atoms with Crippen molar-refractivity contribution in [3.05, 3.63) is 82.8 Å². The van der Waals surface area contributed by atoms with Crippen molar-refractivity contribution in [3.8, 4) is 34.1 Å². The molecule has 6 rings (SSSR count). The van der Waals surface area contributed by atoms with Gasteiger partial charge in [0.05, 0.1) is 27.2 Å². The Hall–Kier alpha value is -6.52. The molecular formula is C32H23N5O17S4. The van der Waals surface area contributed by atoms with E-state index in [2.05, 4.69) is 20.8 Å². The number of fused-ring (bicyclic) bond motifs is 2. The minimum atomic E-state index is -5.22. The molecule has 0 aliphatic heterocycles. The lowest BCUT2D eigenvalue weighted by Gasteiger charge is -2.18. The number of hydrazone groups is 1. The van der Waals surface area contributed by atoms with E-state index >= 15 is 0 Å². The van der Waals surface area contributed by atoms with Crippen LogP contribution in [0.15, 0.2) is 102 Å². The number of nitrogen functional groups attached to an aromatic ring is 1. The number of nitrogens with one attached hydrogen (secondary N) is 1. The number of hydrogen-bond acceptors (Lipinski definition) is 18. The summed E-state index contributed by atoms with van der Waals surface area (Å²) in [6, 6.07) is 11.2. The lowest BCUT2D eigenvalue weighted by atomic mass is 9.94. The van der Waals surface area contributed by atoms with Gasteiger partial charge in [-0.25, -0.2) is 0 Å². The molecule has 22 nitrogen and oxygen atoms in total. The second-order valence-corrected chi connectivity index (χ2v) is 17.6. The number of rotatable bonds is 9. The van der Waals surface area contributed by atoms with Gasteiger partial charge in [0.25, 0.3) is 40.5 Å². The molecule has 5 aromatic carbocycles. The fourth-order valence-corrected chi connectivity index (χ4v) is 8.29. The van der Waals surface area contributed by atoms with Gasteiger partial charge in [-0.1, -0.05) is 18.2 Å². The SMILES string of the molecule is Nc1c(S(=O)(=O)O)cc(S(=O)(=O)O)c2ccc(N=Nc3ccc(-c4ccc(N/N=C5\C(=O)c6c(O)cc(S(=O)(=O)O)cc6C=C5S(=O)(=O)O)c(O)c4)cc3O)c(O)c12. The van der Waals surface area contributed by atoms with E-state index < -0.39 is 128 Å². The maximum Gasteiger partial charge on any atom is 0.296 e. The number of benzene rings is 5. The highest BCUT2D eigenvalue weighted by Crippen LogP contribution is 2.44. The highest BCUT2D eigenvalue weighted by Gasteiger charge is 2.36. The van der Waals surface area contributed by atoms with Crippen molar-refractivity contribution in [2.75, 3.05) is 11.2 Å². The molecule has 0 unspecified atom stereocenters. The predicted octanol–water partition coefficient (Wildman–Crippen LogP) is 3.96. The number of anilines is 2. The Balaban J connectivity index is 1.28. The van der Waals surface area contributed by atoms with Crippen LogP contribution in [0.3, 0.4) is 0 Å². The van der Waals surface area contributed by atoms with Gasteiger partial charge in [0.2, 0.25) is 5.78 Å². The maximum atomic E-state index is 13.2. The third-order valence-corrected chi connectivity index (χ3v) is 11.8. The summed E-state index contributed by atoms with van der Waals surface area (Å²) in [6.07, 6.45) is 0.629. The largest absolute Gasteiger partial charge is 0.507 e. The Morgan fingerprint density at radius 2 is 1.19 bits per heavy atom. The summed E-state index contributed by atoms with van der Waals surface area (Å²) in [5.74, 6) is -4.23. The first-order valence-electron chi connectivity index (χ1n) is 15.3. The van der Waals surface area contributed by atoms with Gasteiger partial charge in [0, 0.05) is 11.5 Å². The molecule has 0 atom stereocenters. The standard InChI is InChI=1S/C32H23N5O17S4/c33-29-25(57(49,50)51)12-24(56(46,47)48)17-3-6-20(31(41)28(17)29)36-34-18-4-1-13(8-21(18)38)14-2-5-19(22(39)9-14)35-37-30-26(58(52,53)54)10-15-7-16(55(43,44)45)11-23(40)27(15)32(30)42/h1-12,35,38-41H,33H2,(H,43,44,45)(H,46,47,48)(H,49,50,51)(H,52,53,54)/b36-34?,37-30-. The molecule has 0 amide bonds. The van der Waals surface area contributed by atoms with Crippen LogP contribution in [-0.4, -0.2) is 83.8 Å². The first-order valence-corrected chi connectivity index (χ1v) is 21.1. The Labute approximate surface area is 325 Å². The zero-order valence-electron chi connectivity index (χ0n) is 28.2. The molecule has 5 aromatic rings. The summed E-state index contributed by atoms with van der Waals surface area (Å²) >= 11 is 0. The number of ketones is 1. The molecule has 26 heteroatoms. The molecule has 0 saturated heterocycles. The van der Waals surface area contributed by atoms with Crippen molar-refractivity contribution < 1.29 is 77.1 Å². The lowest BCUT2D eigenvalue weighted by Crippen LogP contribution is -2.27. The van der Waals surface area contributed by atoms with E-state index in [9.17, 15) is 77.1 Å². The smallest absolute Gasteiger partial charge is 0.296 e. The van der Waals surface area contributed by atoms with E-state index in [1.54, 1.807) is 0 Å². The zero-order chi connectivity index (χ0) is 42.9. The number of carbonyl (C=O) groups excluding carboxylic acids is 1. The first kappa shape index (κ1) is 41.1. The number of phenols is 4.